The van der Waals surface area contributed by atoms with Gasteiger partial charge in [0, 0.05) is 11.8 Å². The molecule has 0 saturated heterocycles. The molecule has 2 N–H and O–H groups in total. The lowest BCUT2D eigenvalue weighted by molar-refractivity contribution is 0.357. The third-order valence-electron chi connectivity index (χ3n) is 3.89. The van der Waals surface area contributed by atoms with Gasteiger partial charge in [-0.25, -0.2) is 4.39 Å². The Hall–Kier alpha value is -2.33. The van der Waals surface area contributed by atoms with Crippen molar-refractivity contribution in [3.63, 3.8) is 0 Å². The van der Waals surface area contributed by atoms with Crippen LogP contribution < -0.4 is 10.5 Å². The van der Waals surface area contributed by atoms with Crippen molar-refractivity contribution in [1.82, 2.24) is 0 Å². The first-order valence-corrected chi connectivity index (χ1v) is 6.91. The fraction of sp³-hybridized carbons (Fsp3) is 0.176. The highest BCUT2D eigenvalue weighted by atomic mass is 19.1. The van der Waals surface area contributed by atoms with Gasteiger partial charge in [0.25, 0.3) is 0 Å². The number of nitrogens with two attached hydrogens (primary N) is 1. The SMILES string of the molecule is NC(c1ccc2c(c1)CCO2)c1cc2cccc(F)c2o1. The highest BCUT2D eigenvalue weighted by Crippen LogP contribution is 2.32. The Labute approximate surface area is 121 Å². The van der Waals surface area contributed by atoms with Crippen molar-refractivity contribution >= 4 is 11.0 Å². The van der Waals surface area contributed by atoms with Crippen molar-refractivity contribution in [3.8, 4) is 5.75 Å². The van der Waals surface area contributed by atoms with Crippen LogP contribution in [-0.2, 0) is 6.42 Å². The molecular formula is C17H14FNO2. The molecular weight excluding hydrogens is 269 g/mol. The Balaban J connectivity index is 1.75. The van der Waals surface area contributed by atoms with Gasteiger partial charge in [0.1, 0.15) is 11.5 Å². The summed E-state index contributed by atoms with van der Waals surface area (Å²) in [6, 6.07) is 12.1. The Bertz CT molecular complexity index is 825. The van der Waals surface area contributed by atoms with E-state index in [1.165, 1.54) is 6.07 Å². The second kappa shape index (κ2) is 4.60. The summed E-state index contributed by atoms with van der Waals surface area (Å²) in [7, 11) is 0. The van der Waals surface area contributed by atoms with Crippen LogP contribution in [0.2, 0.25) is 0 Å². The molecule has 2 heterocycles. The second-order valence-corrected chi connectivity index (χ2v) is 5.25. The van der Waals surface area contributed by atoms with E-state index in [0.717, 1.165) is 28.7 Å². The average molecular weight is 283 g/mol. The molecule has 0 spiro atoms. The number of para-hydroxylation sites is 1. The normalized spacial score (nSPS) is 15.0. The van der Waals surface area contributed by atoms with E-state index in [1.807, 2.05) is 24.3 Å². The topological polar surface area (TPSA) is 48.4 Å². The minimum absolute atomic E-state index is 0.257. The van der Waals surface area contributed by atoms with Crippen LogP contribution in [0.1, 0.15) is 22.9 Å². The molecule has 2 aromatic carbocycles. The predicted molar refractivity (Wildman–Crippen MR) is 77.8 cm³/mol. The van der Waals surface area contributed by atoms with E-state index in [1.54, 1.807) is 12.1 Å². The zero-order valence-corrected chi connectivity index (χ0v) is 11.3. The van der Waals surface area contributed by atoms with Gasteiger partial charge in [-0.05, 0) is 35.4 Å². The Morgan fingerprint density at radius 3 is 2.90 bits per heavy atom. The summed E-state index contributed by atoms with van der Waals surface area (Å²) in [4.78, 5) is 0. The minimum atomic E-state index is -0.414. The first-order valence-electron chi connectivity index (χ1n) is 6.91. The molecule has 1 aromatic heterocycles. The monoisotopic (exact) mass is 283 g/mol. The van der Waals surface area contributed by atoms with Gasteiger partial charge in [-0.1, -0.05) is 18.2 Å². The summed E-state index contributed by atoms with van der Waals surface area (Å²) >= 11 is 0. The average Bonchev–Trinajstić information content (AvgIpc) is 3.12. The number of benzene rings is 2. The number of hydrogen-bond donors (Lipinski definition) is 1. The number of ether oxygens (including phenoxy) is 1. The molecule has 3 nitrogen and oxygen atoms in total. The van der Waals surface area contributed by atoms with E-state index in [2.05, 4.69) is 0 Å². The summed E-state index contributed by atoms with van der Waals surface area (Å²) in [6.45, 7) is 0.712. The Morgan fingerprint density at radius 2 is 2.05 bits per heavy atom. The van der Waals surface area contributed by atoms with Crippen LogP contribution in [0.3, 0.4) is 0 Å². The van der Waals surface area contributed by atoms with Crippen molar-refractivity contribution in [2.45, 2.75) is 12.5 Å². The fourth-order valence-corrected chi connectivity index (χ4v) is 2.76. The maximum atomic E-state index is 13.7. The molecule has 0 aliphatic carbocycles. The van der Waals surface area contributed by atoms with Crippen LogP contribution in [0, 0.1) is 5.82 Å². The third kappa shape index (κ3) is 1.99. The van der Waals surface area contributed by atoms with Crippen LogP contribution in [0.25, 0.3) is 11.0 Å². The number of halogens is 1. The van der Waals surface area contributed by atoms with E-state index >= 15 is 0 Å². The molecule has 1 unspecified atom stereocenters. The summed E-state index contributed by atoms with van der Waals surface area (Å²) < 4.78 is 24.8. The van der Waals surface area contributed by atoms with Gasteiger partial charge in [-0.3, -0.25) is 0 Å². The molecule has 0 bridgehead atoms. The zero-order valence-electron chi connectivity index (χ0n) is 11.3. The summed E-state index contributed by atoms with van der Waals surface area (Å²) in [5.74, 6) is 1.11. The van der Waals surface area contributed by atoms with E-state index in [0.29, 0.717) is 12.4 Å². The quantitative estimate of drug-likeness (QED) is 0.782. The first-order chi connectivity index (χ1) is 10.2. The van der Waals surface area contributed by atoms with Crippen LogP contribution >= 0.6 is 0 Å². The predicted octanol–water partition coefficient (Wildman–Crippen LogP) is 3.55. The zero-order chi connectivity index (χ0) is 14.4. The van der Waals surface area contributed by atoms with Crippen molar-refractivity contribution in [2.24, 2.45) is 5.73 Å². The summed E-state index contributed by atoms with van der Waals surface area (Å²) in [6.07, 6.45) is 0.894. The van der Waals surface area contributed by atoms with E-state index in [-0.39, 0.29) is 11.4 Å². The van der Waals surface area contributed by atoms with Crippen molar-refractivity contribution in [2.75, 3.05) is 6.61 Å². The van der Waals surface area contributed by atoms with Crippen molar-refractivity contribution in [3.05, 3.63) is 65.2 Å². The highest BCUT2D eigenvalue weighted by molar-refractivity contribution is 5.78. The van der Waals surface area contributed by atoms with E-state index in [9.17, 15) is 4.39 Å². The van der Waals surface area contributed by atoms with Crippen LogP contribution in [0.5, 0.6) is 5.75 Å². The summed E-state index contributed by atoms with van der Waals surface area (Å²) in [5, 5.41) is 0.727. The first kappa shape index (κ1) is 12.4. The molecule has 0 fully saturated rings. The Kier molecular flexibility index (Phi) is 2.72. The molecule has 0 radical (unpaired) electrons. The highest BCUT2D eigenvalue weighted by Gasteiger charge is 2.19. The molecule has 1 atom stereocenters. The fourth-order valence-electron chi connectivity index (χ4n) is 2.76. The Morgan fingerprint density at radius 1 is 1.14 bits per heavy atom. The maximum Gasteiger partial charge on any atom is 0.169 e. The largest absolute Gasteiger partial charge is 0.493 e. The molecule has 1 aliphatic rings. The molecule has 106 valence electrons. The van der Waals surface area contributed by atoms with Gasteiger partial charge in [-0.2, -0.15) is 0 Å². The lowest BCUT2D eigenvalue weighted by Crippen LogP contribution is -2.10. The standard InChI is InChI=1S/C17H14FNO2/c18-13-3-1-2-12-9-15(21-17(12)13)16(19)11-4-5-14-10(8-11)6-7-20-14/h1-5,8-9,16H,6-7,19H2. The lowest BCUT2D eigenvalue weighted by Gasteiger charge is -2.10. The van der Waals surface area contributed by atoms with Crippen LogP contribution in [-0.4, -0.2) is 6.61 Å². The maximum absolute atomic E-state index is 13.7. The van der Waals surface area contributed by atoms with Gasteiger partial charge in [-0.15, -0.1) is 0 Å². The van der Waals surface area contributed by atoms with Crippen molar-refractivity contribution < 1.29 is 13.5 Å². The number of hydrogen-bond acceptors (Lipinski definition) is 3. The minimum Gasteiger partial charge on any atom is -0.493 e. The molecule has 1 aliphatic heterocycles. The number of fused-ring (bicyclic) bond motifs is 2. The smallest absolute Gasteiger partial charge is 0.169 e. The van der Waals surface area contributed by atoms with E-state index in [4.69, 9.17) is 14.9 Å². The van der Waals surface area contributed by atoms with Gasteiger partial charge < -0.3 is 14.9 Å². The van der Waals surface area contributed by atoms with Crippen LogP contribution in [0.15, 0.2) is 46.9 Å². The third-order valence-corrected chi connectivity index (χ3v) is 3.89. The molecule has 4 rings (SSSR count). The molecule has 21 heavy (non-hydrogen) atoms. The van der Waals surface area contributed by atoms with Gasteiger partial charge >= 0.3 is 0 Å². The van der Waals surface area contributed by atoms with Crippen molar-refractivity contribution in [1.29, 1.82) is 0 Å². The molecule has 0 amide bonds. The van der Waals surface area contributed by atoms with Gasteiger partial charge in [0.15, 0.2) is 11.4 Å². The molecule has 0 saturated carbocycles. The number of rotatable bonds is 2. The van der Waals surface area contributed by atoms with Gasteiger partial charge in [0.2, 0.25) is 0 Å². The van der Waals surface area contributed by atoms with Gasteiger partial charge in [0.05, 0.1) is 12.6 Å². The van der Waals surface area contributed by atoms with E-state index < -0.39 is 6.04 Å². The summed E-state index contributed by atoms with van der Waals surface area (Å²) in [5.41, 5.74) is 8.63. The lowest BCUT2D eigenvalue weighted by atomic mass is 10.0. The second-order valence-electron chi connectivity index (χ2n) is 5.25. The number of furan rings is 1. The molecule has 4 heteroatoms. The molecule has 3 aromatic rings. The van der Waals surface area contributed by atoms with Crippen LogP contribution in [0.4, 0.5) is 4.39 Å².